The molecule has 0 spiro atoms. The first kappa shape index (κ1) is 21.2. The average molecular weight is 347 g/mol. The van der Waals surface area contributed by atoms with Crippen molar-refractivity contribution in [2.24, 2.45) is 0 Å². The lowest BCUT2D eigenvalue weighted by atomic mass is 10.1. The molecule has 0 N–H and O–H groups in total. The molecule has 25 heavy (non-hydrogen) atoms. The van der Waals surface area contributed by atoms with E-state index in [0.29, 0.717) is 12.3 Å². The average Bonchev–Trinajstić information content (AvgIpc) is 2.91. The summed E-state index contributed by atoms with van der Waals surface area (Å²) in [5.41, 5.74) is 3.79. The van der Waals surface area contributed by atoms with Gasteiger partial charge in [-0.05, 0) is 72.9 Å². The maximum absolute atomic E-state index is 12.5. The first-order chi connectivity index (χ1) is 11.6. The van der Waals surface area contributed by atoms with Crippen LogP contribution in [0.1, 0.15) is 83.9 Å². The van der Waals surface area contributed by atoms with E-state index in [1.807, 2.05) is 32.9 Å². The van der Waals surface area contributed by atoms with Gasteiger partial charge in [0.15, 0.2) is 0 Å². The quantitative estimate of drug-likeness (QED) is 0.465. The molecule has 0 aliphatic rings. The number of ether oxygens (including phenoxy) is 1. The molecule has 140 valence electrons. The minimum absolute atomic E-state index is 0.254. The molecule has 0 aromatic carbocycles. The van der Waals surface area contributed by atoms with Gasteiger partial charge in [0.05, 0.1) is 11.2 Å². The molecule has 4 nitrogen and oxygen atoms in total. The fourth-order valence-electron chi connectivity index (χ4n) is 2.49. The normalized spacial score (nSPS) is 12.2. The Morgan fingerprint density at radius 3 is 2.48 bits per heavy atom. The smallest absolute Gasteiger partial charge is 0.356 e. The van der Waals surface area contributed by atoms with Gasteiger partial charge in [-0.2, -0.15) is 5.10 Å². The Balaban J connectivity index is 2.72. The second-order valence-electron chi connectivity index (χ2n) is 7.82. The molecule has 0 aliphatic heterocycles. The van der Waals surface area contributed by atoms with E-state index < -0.39 is 0 Å². The van der Waals surface area contributed by atoms with E-state index in [1.54, 1.807) is 4.68 Å². The van der Waals surface area contributed by atoms with Crippen molar-refractivity contribution >= 4 is 5.97 Å². The number of esters is 1. The van der Waals surface area contributed by atoms with Crippen molar-refractivity contribution in [2.75, 3.05) is 6.61 Å². The van der Waals surface area contributed by atoms with Gasteiger partial charge in [-0.15, -0.1) is 0 Å². The van der Waals surface area contributed by atoms with Crippen molar-refractivity contribution in [3.05, 3.63) is 40.8 Å². The van der Waals surface area contributed by atoms with Crippen molar-refractivity contribution < 1.29 is 9.53 Å². The van der Waals surface area contributed by atoms with Crippen molar-refractivity contribution in [1.29, 1.82) is 0 Å². The second-order valence-corrected chi connectivity index (χ2v) is 7.82. The molecule has 0 bridgehead atoms. The van der Waals surface area contributed by atoms with Crippen molar-refractivity contribution in [2.45, 2.75) is 79.7 Å². The van der Waals surface area contributed by atoms with Crippen LogP contribution in [0.4, 0.5) is 0 Å². The second kappa shape index (κ2) is 9.59. The number of aryl methyl sites for hydroxylation is 1. The predicted octanol–water partition coefficient (Wildman–Crippen LogP) is 5.44. The lowest BCUT2D eigenvalue weighted by Gasteiger charge is -2.21. The Morgan fingerprint density at radius 2 is 1.92 bits per heavy atom. The summed E-state index contributed by atoms with van der Waals surface area (Å²) < 4.78 is 7.25. The molecule has 0 saturated carbocycles. The largest absolute Gasteiger partial charge is 0.457 e. The van der Waals surface area contributed by atoms with Crippen LogP contribution in [0.3, 0.4) is 0 Å². The summed E-state index contributed by atoms with van der Waals surface area (Å²) in [6.07, 6.45) is 8.09. The van der Waals surface area contributed by atoms with E-state index in [2.05, 4.69) is 38.9 Å². The number of allylic oxidation sites excluding steroid dienone is 3. The summed E-state index contributed by atoms with van der Waals surface area (Å²) in [5, 5.41) is 4.59. The Labute approximate surface area is 153 Å². The fraction of sp³-hybridized carbons (Fsp3) is 0.619. The van der Waals surface area contributed by atoms with Crippen LogP contribution in [0.5, 0.6) is 0 Å². The van der Waals surface area contributed by atoms with E-state index in [4.69, 9.17) is 4.74 Å². The first-order valence-corrected chi connectivity index (χ1v) is 9.20. The van der Waals surface area contributed by atoms with Crippen LogP contribution in [0.2, 0.25) is 0 Å². The van der Waals surface area contributed by atoms with Gasteiger partial charge in [0.25, 0.3) is 0 Å². The zero-order valence-corrected chi connectivity index (χ0v) is 17.0. The third-order valence-electron chi connectivity index (χ3n) is 3.85. The number of aromatic nitrogens is 2. The van der Waals surface area contributed by atoms with Crippen LogP contribution in [0.15, 0.2) is 29.4 Å². The summed E-state index contributed by atoms with van der Waals surface area (Å²) in [6.45, 7) is 14.8. The molecular formula is C21H34N2O2. The molecule has 0 saturated heterocycles. The number of rotatable bonds is 8. The Morgan fingerprint density at radius 1 is 1.24 bits per heavy atom. The van der Waals surface area contributed by atoms with E-state index >= 15 is 0 Å². The van der Waals surface area contributed by atoms with E-state index in [-0.39, 0.29) is 11.5 Å². The molecule has 1 heterocycles. The van der Waals surface area contributed by atoms with Crippen LogP contribution in [-0.2, 0) is 16.7 Å². The maximum atomic E-state index is 12.5. The molecule has 1 aromatic heterocycles. The molecule has 0 amide bonds. The van der Waals surface area contributed by atoms with Crippen molar-refractivity contribution in [3.63, 3.8) is 0 Å². The zero-order valence-electron chi connectivity index (χ0n) is 17.0. The minimum Gasteiger partial charge on any atom is -0.457 e. The molecule has 0 fully saturated rings. The molecule has 1 rings (SSSR count). The van der Waals surface area contributed by atoms with Crippen molar-refractivity contribution in [1.82, 2.24) is 9.78 Å². The highest BCUT2D eigenvalue weighted by Gasteiger charge is 2.24. The van der Waals surface area contributed by atoms with Gasteiger partial charge < -0.3 is 4.74 Å². The third-order valence-corrected chi connectivity index (χ3v) is 3.85. The van der Waals surface area contributed by atoms with Gasteiger partial charge in [0, 0.05) is 0 Å². The SMILES string of the molecule is CCCc1cc(C(=O)OC/C=C(\C)CCC=C(C)C)n(C(C)(C)C)n1. The summed E-state index contributed by atoms with van der Waals surface area (Å²) in [7, 11) is 0. The molecular weight excluding hydrogens is 312 g/mol. The molecule has 0 aliphatic carbocycles. The summed E-state index contributed by atoms with van der Waals surface area (Å²) >= 11 is 0. The topological polar surface area (TPSA) is 44.1 Å². The van der Waals surface area contributed by atoms with Gasteiger partial charge >= 0.3 is 5.97 Å². The van der Waals surface area contributed by atoms with E-state index in [1.165, 1.54) is 11.1 Å². The molecule has 4 heteroatoms. The summed E-state index contributed by atoms with van der Waals surface area (Å²) in [6, 6.07) is 1.86. The highest BCUT2D eigenvalue weighted by molar-refractivity contribution is 5.87. The zero-order chi connectivity index (χ0) is 19.0. The monoisotopic (exact) mass is 346 g/mol. The van der Waals surface area contributed by atoms with Gasteiger partial charge in [0.2, 0.25) is 0 Å². The number of nitrogens with zero attached hydrogens (tertiary/aromatic N) is 2. The number of carbonyl (C=O) groups is 1. The fourth-order valence-corrected chi connectivity index (χ4v) is 2.49. The lowest BCUT2D eigenvalue weighted by Crippen LogP contribution is -2.27. The van der Waals surface area contributed by atoms with E-state index in [9.17, 15) is 4.79 Å². The van der Waals surface area contributed by atoms with Gasteiger partial charge in [-0.25, -0.2) is 4.79 Å². The summed E-state index contributed by atoms with van der Waals surface area (Å²) in [5.74, 6) is -0.307. The molecule has 0 radical (unpaired) electrons. The first-order valence-electron chi connectivity index (χ1n) is 9.20. The minimum atomic E-state index is -0.307. The van der Waals surface area contributed by atoms with Crippen LogP contribution >= 0.6 is 0 Å². The molecule has 0 atom stereocenters. The van der Waals surface area contributed by atoms with Crippen molar-refractivity contribution in [3.8, 4) is 0 Å². The molecule has 0 unspecified atom stereocenters. The van der Waals surface area contributed by atoms with Crippen LogP contribution in [-0.4, -0.2) is 22.4 Å². The highest BCUT2D eigenvalue weighted by atomic mass is 16.5. The third kappa shape index (κ3) is 7.29. The Kier molecular flexibility index (Phi) is 8.14. The summed E-state index contributed by atoms with van der Waals surface area (Å²) in [4.78, 5) is 12.5. The molecule has 1 aromatic rings. The van der Waals surface area contributed by atoms with Gasteiger partial charge in [0.1, 0.15) is 12.3 Å². The lowest BCUT2D eigenvalue weighted by molar-refractivity contribution is 0.0526. The van der Waals surface area contributed by atoms with Gasteiger partial charge in [-0.1, -0.05) is 30.6 Å². The predicted molar refractivity (Wildman–Crippen MR) is 104 cm³/mol. The van der Waals surface area contributed by atoms with Crippen LogP contribution in [0, 0.1) is 0 Å². The number of hydrogen-bond donors (Lipinski definition) is 0. The van der Waals surface area contributed by atoms with Gasteiger partial charge in [-0.3, -0.25) is 4.68 Å². The standard InChI is InChI=1S/C21H34N2O2/c1-8-10-18-15-19(23(22-18)21(5,6)7)20(24)25-14-13-17(4)12-9-11-16(2)3/h11,13,15H,8-10,12,14H2,1-7H3/b17-13+. The highest BCUT2D eigenvalue weighted by Crippen LogP contribution is 2.19. The van der Waals surface area contributed by atoms with Crippen LogP contribution < -0.4 is 0 Å². The maximum Gasteiger partial charge on any atom is 0.356 e. The Bertz CT molecular complexity index is 627. The number of carbonyl (C=O) groups excluding carboxylic acids is 1. The number of hydrogen-bond acceptors (Lipinski definition) is 3. The van der Waals surface area contributed by atoms with E-state index in [0.717, 1.165) is 31.4 Å². The van der Waals surface area contributed by atoms with Crippen LogP contribution in [0.25, 0.3) is 0 Å². The Hall–Kier alpha value is -1.84.